The van der Waals surface area contributed by atoms with E-state index in [0.29, 0.717) is 0 Å². The van der Waals surface area contributed by atoms with Gasteiger partial charge in [0.1, 0.15) is 6.10 Å². The first-order chi connectivity index (χ1) is 5.70. The molecule has 1 N–H and O–H groups in total. The Bertz CT molecular complexity index is 383. The molecule has 1 fully saturated rings. The largest absolute Gasteiger partial charge is 0.397 e. The molecule has 1 rings (SSSR count). The summed E-state index contributed by atoms with van der Waals surface area (Å²) in [5.74, 6) is -0.824. The van der Waals surface area contributed by atoms with Crippen molar-refractivity contribution in [3.05, 3.63) is 0 Å². The van der Waals surface area contributed by atoms with Crippen LogP contribution in [0.3, 0.4) is 0 Å². The van der Waals surface area contributed by atoms with Crippen LogP contribution in [0, 0.1) is 0 Å². The second kappa shape index (κ2) is 3.35. The maximum absolute atomic E-state index is 10.9. The Morgan fingerprint density at radius 1 is 1.38 bits per heavy atom. The zero-order chi connectivity index (χ0) is 10.3. The van der Waals surface area contributed by atoms with Gasteiger partial charge < -0.3 is 0 Å². The van der Waals surface area contributed by atoms with E-state index in [1.165, 1.54) is 0 Å². The van der Waals surface area contributed by atoms with Gasteiger partial charge >= 0.3 is 10.4 Å². The van der Waals surface area contributed by atoms with E-state index in [1.807, 2.05) is 0 Å². The molecule has 13 heavy (non-hydrogen) atoms. The Morgan fingerprint density at radius 3 is 2.23 bits per heavy atom. The van der Waals surface area contributed by atoms with Crippen molar-refractivity contribution in [3.63, 3.8) is 0 Å². The second-order valence-electron chi connectivity index (χ2n) is 2.66. The fourth-order valence-corrected chi connectivity index (χ4v) is 4.14. The maximum atomic E-state index is 10.9. The highest BCUT2D eigenvalue weighted by Gasteiger charge is 2.39. The Balaban J connectivity index is 2.76. The van der Waals surface area contributed by atoms with E-state index in [4.69, 9.17) is 16.2 Å². The fourth-order valence-electron chi connectivity index (χ4n) is 1.02. The predicted molar refractivity (Wildman–Crippen MR) is 44.7 cm³/mol. The smallest absolute Gasteiger partial charge is 0.264 e. The zero-order valence-electron chi connectivity index (χ0n) is 6.25. The van der Waals surface area contributed by atoms with Gasteiger partial charge in [-0.1, -0.05) is 0 Å². The molecule has 1 aliphatic rings. The number of alkyl halides is 1. The van der Waals surface area contributed by atoms with Gasteiger partial charge in [0.2, 0.25) is 0 Å². The normalized spacial score (nSPS) is 33.4. The average Bonchev–Trinajstić information content (AvgIpc) is 2.00. The summed E-state index contributed by atoms with van der Waals surface area (Å²) in [6, 6.07) is 0. The summed E-state index contributed by atoms with van der Waals surface area (Å²) in [6.07, 6.45) is -1.19. The van der Waals surface area contributed by atoms with Gasteiger partial charge in [0, 0.05) is 0 Å². The highest BCUT2D eigenvalue weighted by molar-refractivity contribution is 7.91. The lowest BCUT2D eigenvalue weighted by atomic mass is 10.3. The third-order valence-corrected chi connectivity index (χ3v) is 4.29. The molecule has 1 heterocycles. The number of hydrogen-bond acceptors (Lipinski definition) is 5. The van der Waals surface area contributed by atoms with E-state index >= 15 is 0 Å². The first-order valence-corrected chi connectivity index (χ1v) is 6.82. The van der Waals surface area contributed by atoms with Gasteiger partial charge in [-0.25, -0.2) is 12.6 Å². The number of hydrogen-bond donors (Lipinski definition) is 1. The van der Waals surface area contributed by atoms with Crippen LogP contribution in [0.2, 0.25) is 0 Å². The molecule has 6 nitrogen and oxygen atoms in total. The molecular formula is C4H7ClO6S2. The second-order valence-corrected chi connectivity index (χ2v) is 6.42. The molecule has 2 atom stereocenters. The van der Waals surface area contributed by atoms with Crippen LogP contribution < -0.4 is 0 Å². The highest BCUT2D eigenvalue weighted by Crippen LogP contribution is 2.21. The molecule has 1 saturated heterocycles. The summed E-state index contributed by atoms with van der Waals surface area (Å²) >= 11 is 5.49. The monoisotopic (exact) mass is 250 g/mol. The van der Waals surface area contributed by atoms with Gasteiger partial charge in [-0.15, -0.1) is 11.6 Å². The Labute approximate surface area is 80.7 Å². The van der Waals surface area contributed by atoms with Crippen molar-refractivity contribution in [1.29, 1.82) is 0 Å². The minimum absolute atomic E-state index is 0.339. The van der Waals surface area contributed by atoms with E-state index in [-0.39, 0.29) is 5.75 Å². The molecule has 0 radical (unpaired) electrons. The van der Waals surface area contributed by atoms with Gasteiger partial charge in [-0.2, -0.15) is 8.42 Å². The SMILES string of the molecule is O=S1(=O)C[C@@H](Cl)[C@H](OS(=O)(=O)O)C1. The molecule has 0 bridgehead atoms. The van der Waals surface area contributed by atoms with Crippen LogP contribution in [0.25, 0.3) is 0 Å². The van der Waals surface area contributed by atoms with E-state index in [0.717, 1.165) is 0 Å². The molecule has 0 saturated carbocycles. The van der Waals surface area contributed by atoms with Crippen LogP contribution in [0.15, 0.2) is 0 Å². The first kappa shape index (κ1) is 11.2. The molecule has 0 aromatic rings. The minimum Gasteiger partial charge on any atom is -0.264 e. The number of sulfone groups is 1. The topological polar surface area (TPSA) is 97.7 Å². The van der Waals surface area contributed by atoms with E-state index in [2.05, 4.69) is 4.18 Å². The Kier molecular flexibility index (Phi) is 2.89. The predicted octanol–water partition coefficient (Wildman–Crippen LogP) is -0.790. The summed E-state index contributed by atoms with van der Waals surface area (Å²) in [7, 11) is -7.99. The number of rotatable bonds is 2. The summed E-state index contributed by atoms with van der Waals surface area (Å²) in [5.41, 5.74) is 0. The van der Waals surface area contributed by atoms with E-state index < -0.39 is 37.5 Å². The highest BCUT2D eigenvalue weighted by atomic mass is 35.5. The summed E-state index contributed by atoms with van der Waals surface area (Å²) in [6.45, 7) is 0. The molecule has 0 aromatic carbocycles. The molecular weight excluding hydrogens is 244 g/mol. The molecule has 0 amide bonds. The van der Waals surface area contributed by atoms with Crippen molar-refractivity contribution in [2.24, 2.45) is 0 Å². The molecule has 0 spiro atoms. The van der Waals surface area contributed by atoms with Gasteiger partial charge in [0.25, 0.3) is 0 Å². The van der Waals surface area contributed by atoms with Crippen molar-refractivity contribution in [3.8, 4) is 0 Å². The standard InChI is InChI=1S/C4H7ClO6S2/c5-3-1-12(6,7)2-4(3)11-13(8,9)10/h3-4H,1-2H2,(H,8,9,10)/t3-,4-/m1/s1. The van der Waals surface area contributed by atoms with Crippen molar-refractivity contribution >= 4 is 31.8 Å². The van der Waals surface area contributed by atoms with E-state index in [9.17, 15) is 16.8 Å². The summed E-state index contributed by atoms with van der Waals surface area (Å²) < 4.78 is 54.6. The average molecular weight is 251 g/mol. The van der Waals surface area contributed by atoms with Crippen LogP contribution >= 0.6 is 11.6 Å². The van der Waals surface area contributed by atoms with Gasteiger partial charge in [-0.3, -0.25) is 4.55 Å². The third kappa shape index (κ3) is 3.39. The quantitative estimate of drug-likeness (QED) is 0.510. The lowest BCUT2D eigenvalue weighted by Gasteiger charge is -2.08. The lowest BCUT2D eigenvalue weighted by molar-refractivity contribution is 0.205. The maximum Gasteiger partial charge on any atom is 0.397 e. The Hall–Kier alpha value is 0.110. The number of halogens is 1. The molecule has 78 valence electrons. The fraction of sp³-hybridized carbons (Fsp3) is 1.00. The molecule has 0 aromatic heterocycles. The van der Waals surface area contributed by atoms with Crippen LogP contribution in [-0.4, -0.2) is 44.4 Å². The van der Waals surface area contributed by atoms with Crippen molar-refractivity contribution < 1.29 is 25.6 Å². The molecule has 1 aliphatic heterocycles. The zero-order valence-corrected chi connectivity index (χ0v) is 8.64. The van der Waals surface area contributed by atoms with Crippen molar-refractivity contribution in [1.82, 2.24) is 0 Å². The summed E-state index contributed by atoms with van der Waals surface area (Å²) in [5, 5.41) is -0.938. The lowest BCUT2D eigenvalue weighted by Crippen LogP contribution is -2.25. The third-order valence-electron chi connectivity index (χ3n) is 1.48. The first-order valence-electron chi connectivity index (χ1n) is 3.20. The van der Waals surface area contributed by atoms with Gasteiger partial charge in [0.15, 0.2) is 9.84 Å². The van der Waals surface area contributed by atoms with Gasteiger partial charge in [0.05, 0.1) is 16.9 Å². The minimum atomic E-state index is -4.64. The molecule has 0 unspecified atom stereocenters. The van der Waals surface area contributed by atoms with Crippen LogP contribution in [0.5, 0.6) is 0 Å². The molecule has 0 aliphatic carbocycles. The van der Waals surface area contributed by atoms with E-state index in [1.54, 1.807) is 0 Å². The van der Waals surface area contributed by atoms with Crippen molar-refractivity contribution in [2.45, 2.75) is 11.5 Å². The van der Waals surface area contributed by atoms with Gasteiger partial charge in [-0.05, 0) is 0 Å². The van der Waals surface area contributed by atoms with Crippen LogP contribution in [-0.2, 0) is 24.4 Å². The van der Waals surface area contributed by atoms with Crippen LogP contribution in [0.4, 0.5) is 0 Å². The summed E-state index contributed by atoms with van der Waals surface area (Å²) in [4.78, 5) is 0. The molecule has 9 heteroatoms. The van der Waals surface area contributed by atoms with Crippen LogP contribution in [0.1, 0.15) is 0 Å². The Morgan fingerprint density at radius 2 is 1.92 bits per heavy atom. The van der Waals surface area contributed by atoms with Crippen molar-refractivity contribution in [2.75, 3.05) is 11.5 Å².